The fraction of sp³-hybridized carbons (Fsp3) is 0.417. The van der Waals surface area contributed by atoms with E-state index in [0.29, 0.717) is 17.9 Å². The predicted molar refractivity (Wildman–Crippen MR) is 57.7 cm³/mol. The van der Waals surface area contributed by atoms with Crippen LogP contribution in [0.25, 0.3) is 0 Å². The Bertz CT molecular complexity index is 385. The molecule has 3 heteroatoms. The molecule has 1 aliphatic carbocycles. The highest BCUT2D eigenvalue weighted by atomic mass is 35.5. The van der Waals surface area contributed by atoms with Gasteiger partial charge in [-0.05, 0) is 24.1 Å². The topological polar surface area (TPSA) is 17.1 Å². The van der Waals surface area contributed by atoms with Crippen molar-refractivity contribution in [3.05, 3.63) is 34.6 Å². The first-order valence-corrected chi connectivity index (χ1v) is 5.53. The molecule has 0 saturated heterocycles. The highest BCUT2D eigenvalue weighted by molar-refractivity contribution is 6.30. The van der Waals surface area contributed by atoms with Gasteiger partial charge in [-0.2, -0.15) is 0 Å². The maximum absolute atomic E-state index is 13.1. The normalized spacial score (nSPS) is 16.1. The van der Waals surface area contributed by atoms with E-state index in [0.717, 1.165) is 12.8 Å². The van der Waals surface area contributed by atoms with Gasteiger partial charge in [0.05, 0.1) is 5.02 Å². The molecule has 0 aromatic heterocycles. The Kier molecular flexibility index (Phi) is 3.06. The molecule has 0 amide bonds. The van der Waals surface area contributed by atoms with E-state index < -0.39 is 5.82 Å². The van der Waals surface area contributed by atoms with E-state index in [1.807, 2.05) is 0 Å². The first-order valence-electron chi connectivity index (χ1n) is 5.15. The maximum Gasteiger partial charge on any atom is 0.163 e. The summed E-state index contributed by atoms with van der Waals surface area (Å²) < 4.78 is 13.1. The molecule has 0 radical (unpaired) electrons. The zero-order valence-corrected chi connectivity index (χ0v) is 9.06. The second kappa shape index (κ2) is 4.31. The van der Waals surface area contributed by atoms with Crippen LogP contribution in [-0.4, -0.2) is 5.78 Å². The number of carbonyl (C=O) groups is 1. The molecule has 1 aromatic carbocycles. The van der Waals surface area contributed by atoms with Crippen molar-refractivity contribution in [2.45, 2.75) is 25.7 Å². The Hall–Kier alpha value is -0.890. The van der Waals surface area contributed by atoms with Gasteiger partial charge < -0.3 is 0 Å². The smallest absolute Gasteiger partial charge is 0.163 e. The minimum absolute atomic E-state index is 0.0234. The van der Waals surface area contributed by atoms with Crippen LogP contribution in [0.2, 0.25) is 5.02 Å². The molecule has 1 aliphatic rings. The van der Waals surface area contributed by atoms with Crippen molar-refractivity contribution in [2.24, 2.45) is 5.92 Å². The molecule has 0 atom stereocenters. The van der Waals surface area contributed by atoms with Gasteiger partial charge in [0.1, 0.15) is 5.82 Å². The van der Waals surface area contributed by atoms with Gasteiger partial charge in [-0.15, -0.1) is 0 Å². The van der Waals surface area contributed by atoms with Gasteiger partial charge in [0.25, 0.3) is 0 Å². The Balaban J connectivity index is 2.07. The largest absolute Gasteiger partial charge is 0.294 e. The van der Waals surface area contributed by atoms with E-state index in [9.17, 15) is 9.18 Å². The Labute approximate surface area is 93.2 Å². The number of carbonyl (C=O) groups excluding carboxylic acids is 1. The van der Waals surface area contributed by atoms with E-state index in [2.05, 4.69) is 0 Å². The number of rotatable bonds is 3. The molecular weight excluding hydrogens is 215 g/mol. The summed E-state index contributed by atoms with van der Waals surface area (Å²) in [6, 6.07) is 4.25. The van der Waals surface area contributed by atoms with Crippen LogP contribution in [0.1, 0.15) is 36.0 Å². The average molecular weight is 227 g/mol. The van der Waals surface area contributed by atoms with Gasteiger partial charge in [0.15, 0.2) is 5.78 Å². The maximum atomic E-state index is 13.1. The fourth-order valence-electron chi connectivity index (χ4n) is 1.75. The third kappa shape index (κ3) is 2.37. The van der Waals surface area contributed by atoms with Gasteiger partial charge in [-0.25, -0.2) is 4.39 Å². The molecule has 2 rings (SSSR count). The summed E-state index contributed by atoms with van der Waals surface area (Å²) in [5.41, 5.74) is 0.434. The summed E-state index contributed by atoms with van der Waals surface area (Å²) in [5, 5.41) is 0.0650. The number of ketones is 1. The van der Waals surface area contributed by atoms with Gasteiger partial charge >= 0.3 is 0 Å². The van der Waals surface area contributed by atoms with E-state index >= 15 is 0 Å². The zero-order valence-electron chi connectivity index (χ0n) is 8.30. The lowest BCUT2D eigenvalue weighted by Crippen LogP contribution is -2.16. The van der Waals surface area contributed by atoms with Crippen molar-refractivity contribution in [1.29, 1.82) is 0 Å². The van der Waals surface area contributed by atoms with Gasteiger partial charge in [0.2, 0.25) is 0 Å². The minimum Gasteiger partial charge on any atom is -0.294 e. The lowest BCUT2D eigenvalue weighted by Gasteiger charge is -2.24. The Morgan fingerprint density at radius 2 is 2.20 bits per heavy atom. The quantitative estimate of drug-likeness (QED) is 0.716. The summed E-state index contributed by atoms with van der Waals surface area (Å²) >= 11 is 5.54. The molecule has 0 aliphatic heterocycles. The summed E-state index contributed by atoms with van der Waals surface area (Å²) in [6.07, 6.45) is 4.01. The van der Waals surface area contributed by atoms with Crippen LogP contribution in [-0.2, 0) is 0 Å². The zero-order chi connectivity index (χ0) is 10.8. The monoisotopic (exact) mass is 226 g/mol. The third-order valence-corrected chi connectivity index (χ3v) is 3.25. The molecule has 0 unspecified atom stereocenters. The molecule has 0 N–H and O–H groups in total. The van der Waals surface area contributed by atoms with Crippen molar-refractivity contribution in [3.63, 3.8) is 0 Å². The number of Topliss-reactive ketones (excluding diaryl/α,β-unsaturated/α-hetero) is 1. The van der Waals surface area contributed by atoms with Crippen LogP contribution in [0, 0.1) is 11.7 Å². The Morgan fingerprint density at radius 3 is 2.73 bits per heavy atom. The van der Waals surface area contributed by atoms with Crippen LogP contribution in [0.4, 0.5) is 4.39 Å². The van der Waals surface area contributed by atoms with E-state index in [-0.39, 0.29) is 10.8 Å². The molecule has 15 heavy (non-hydrogen) atoms. The lowest BCUT2D eigenvalue weighted by molar-refractivity contribution is 0.0936. The van der Waals surface area contributed by atoms with Crippen molar-refractivity contribution >= 4 is 17.4 Å². The van der Waals surface area contributed by atoms with E-state index in [1.54, 1.807) is 6.07 Å². The van der Waals surface area contributed by atoms with Crippen LogP contribution in [0.15, 0.2) is 18.2 Å². The highest BCUT2D eigenvalue weighted by Crippen LogP contribution is 2.30. The minimum atomic E-state index is -0.517. The van der Waals surface area contributed by atoms with Crippen LogP contribution < -0.4 is 0 Å². The fourth-order valence-corrected chi connectivity index (χ4v) is 1.86. The molecule has 0 spiro atoms. The third-order valence-electron chi connectivity index (χ3n) is 2.94. The van der Waals surface area contributed by atoms with Gasteiger partial charge in [-0.3, -0.25) is 4.79 Å². The van der Waals surface area contributed by atoms with Crippen molar-refractivity contribution in [3.8, 4) is 0 Å². The summed E-state index contributed by atoms with van der Waals surface area (Å²) in [5.74, 6) is 0.0163. The molecular formula is C12H12ClFO. The lowest BCUT2D eigenvalue weighted by atomic mass is 9.81. The van der Waals surface area contributed by atoms with E-state index in [1.165, 1.54) is 18.6 Å². The number of hydrogen-bond donors (Lipinski definition) is 0. The summed E-state index contributed by atoms with van der Waals surface area (Å²) in [7, 11) is 0. The number of halogens is 2. The molecule has 0 bridgehead atoms. The standard InChI is InChI=1S/C12H12ClFO/c13-10-5-4-9(7-11(10)14)12(15)6-8-2-1-3-8/h4-5,7-8H,1-3,6H2. The summed E-state index contributed by atoms with van der Waals surface area (Å²) in [6.45, 7) is 0. The highest BCUT2D eigenvalue weighted by Gasteiger charge is 2.21. The number of hydrogen-bond acceptors (Lipinski definition) is 1. The first kappa shape index (κ1) is 10.6. The van der Waals surface area contributed by atoms with Crippen LogP contribution in [0.3, 0.4) is 0 Å². The molecule has 80 valence electrons. The molecule has 1 saturated carbocycles. The van der Waals surface area contributed by atoms with Gasteiger partial charge in [0, 0.05) is 12.0 Å². The predicted octanol–water partition coefficient (Wildman–Crippen LogP) is 3.85. The van der Waals surface area contributed by atoms with Crippen molar-refractivity contribution in [1.82, 2.24) is 0 Å². The Morgan fingerprint density at radius 1 is 1.47 bits per heavy atom. The molecule has 0 heterocycles. The number of benzene rings is 1. The second-order valence-electron chi connectivity index (χ2n) is 4.05. The summed E-state index contributed by atoms with van der Waals surface area (Å²) in [4.78, 5) is 11.7. The average Bonchev–Trinajstić information content (AvgIpc) is 2.15. The van der Waals surface area contributed by atoms with Crippen molar-refractivity contribution < 1.29 is 9.18 Å². The van der Waals surface area contributed by atoms with Crippen LogP contribution in [0.5, 0.6) is 0 Å². The second-order valence-corrected chi connectivity index (χ2v) is 4.46. The first-order chi connectivity index (χ1) is 7.16. The SMILES string of the molecule is O=C(CC1CCC1)c1ccc(Cl)c(F)c1. The molecule has 1 aromatic rings. The molecule has 1 fully saturated rings. The van der Waals surface area contributed by atoms with E-state index in [4.69, 9.17) is 11.6 Å². The van der Waals surface area contributed by atoms with Gasteiger partial charge in [-0.1, -0.05) is 30.9 Å². The van der Waals surface area contributed by atoms with Crippen LogP contribution >= 0.6 is 11.6 Å². The van der Waals surface area contributed by atoms with Crippen molar-refractivity contribution in [2.75, 3.05) is 0 Å². The molecule has 1 nitrogen and oxygen atoms in total.